The number of hydrogen-bond acceptors (Lipinski definition) is 3. The van der Waals surface area contributed by atoms with Crippen LogP contribution < -0.4 is 5.32 Å². The van der Waals surface area contributed by atoms with Crippen LogP contribution in [0.25, 0.3) is 0 Å². The molecule has 0 amide bonds. The van der Waals surface area contributed by atoms with Gasteiger partial charge in [0, 0.05) is 20.4 Å². The van der Waals surface area contributed by atoms with Crippen molar-refractivity contribution in [3.05, 3.63) is 37.7 Å². The second-order valence-corrected chi connectivity index (χ2v) is 7.80. The van der Waals surface area contributed by atoms with Gasteiger partial charge in [0.25, 0.3) is 0 Å². The molecule has 0 aliphatic heterocycles. The van der Waals surface area contributed by atoms with Gasteiger partial charge in [-0.1, -0.05) is 13.8 Å². The molecule has 2 aromatic heterocycles. The fraction of sp³-hybridized carbons (Fsp3) is 0.562. The Bertz CT molecular complexity index is 586. The van der Waals surface area contributed by atoms with Crippen molar-refractivity contribution in [2.24, 2.45) is 5.92 Å². The molecule has 2 rings (SSSR count). The quantitative estimate of drug-likeness (QED) is 0.742. The Hall–Kier alpha value is -0.650. The zero-order valence-corrected chi connectivity index (χ0v) is 15.6. The summed E-state index contributed by atoms with van der Waals surface area (Å²) in [6, 6.07) is 2.17. The summed E-state index contributed by atoms with van der Waals surface area (Å²) in [7, 11) is 0. The van der Waals surface area contributed by atoms with Crippen LogP contribution in [0.2, 0.25) is 0 Å². The third-order valence-electron chi connectivity index (χ3n) is 3.56. The summed E-state index contributed by atoms with van der Waals surface area (Å²) < 4.78 is 3.29. The summed E-state index contributed by atoms with van der Waals surface area (Å²) in [6.07, 6.45) is 1.05. The largest absolute Gasteiger partial charge is 0.316 e. The van der Waals surface area contributed by atoms with Crippen LogP contribution in [-0.2, 0) is 13.0 Å². The molecule has 0 bridgehead atoms. The van der Waals surface area contributed by atoms with Gasteiger partial charge in [-0.15, -0.1) is 11.3 Å². The molecular formula is C16H24BrN3S. The maximum Gasteiger partial charge on any atom is 0.0755 e. The van der Waals surface area contributed by atoms with Crippen LogP contribution in [0.1, 0.15) is 35.7 Å². The van der Waals surface area contributed by atoms with Crippen molar-refractivity contribution in [1.82, 2.24) is 15.1 Å². The highest BCUT2D eigenvalue weighted by Gasteiger charge is 2.12. The number of halogens is 1. The zero-order valence-electron chi connectivity index (χ0n) is 13.2. The van der Waals surface area contributed by atoms with E-state index < -0.39 is 0 Å². The normalized spacial score (nSPS) is 11.5. The van der Waals surface area contributed by atoms with Crippen molar-refractivity contribution in [2.45, 2.75) is 40.7 Å². The second-order valence-electron chi connectivity index (χ2n) is 5.89. The number of nitrogens with zero attached hydrogens (tertiary/aromatic N) is 2. The topological polar surface area (TPSA) is 29.9 Å². The van der Waals surface area contributed by atoms with Crippen molar-refractivity contribution in [1.29, 1.82) is 0 Å². The Balaban J connectivity index is 2.00. The Kier molecular flexibility index (Phi) is 6.02. The summed E-state index contributed by atoms with van der Waals surface area (Å²) in [4.78, 5) is 1.33. The highest BCUT2D eigenvalue weighted by molar-refractivity contribution is 9.10. The van der Waals surface area contributed by atoms with Gasteiger partial charge in [-0.05, 0) is 66.8 Å². The van der Waals surface area contributed by atoms with E-state index >= 15 is 0 Å². The lowest BCUT2D eigenvalue weighted by Gasteiger charge is -2.08. The number of rotatable bonds is 7. The molecule has 2 aromatic rings. The van der Waals surface area contributed by atoms with E-state index in [0.717, 1.165) is 36.2 Å². The third kappa shape index (κ3) is 4.66. The summed E-state index contributed by atoms with van der Waals surface area (Å²) >= 11 is 5.28. The SMILES string of the molecule is Cc1nn(Cc2cc(Br)cs2)c(C)c1CCNCC(C)C. The van der Waals surface area contributed by atoms with E-state index in [4.69, 9.17) is 5.10 Å². The highest BCUT2D eigenvalue weighted by atomic mass is 79.9. The molecular weight excluding hydrogens is 346 g/mol. The van der Waals surface area contributed by atoms with Crippen molar-refractivity contribution >= 4 is 27.3 Å². The maximum absolute atomic E-state index is 4.71. The van der Waals surface area contributed by atoms with E-state index in [0.29, 0.717) is 5.92 Å². The predicted molar refractivity (Wildman–Crippen MR) is 94.2 cm³/mol. The van der Waals surface area contributed by atoms with Gasteiger partial charge in [0.05, 0.1) is 12.2 Å². The van der Waals surface area contributed by atoms with Crippen LogP contribution >= 0.6 is 27.3 Å². The van der Waals surface area contributed by atoms with Gasteiger partial charge in [0.15, 0.2) is 0 Å². The number of aromatic nitrogens is 2. The highest BCUT2D eigenvalue weighted by Crippen LogP contribution is 2.22. The number of thiophene rings is 1. The van der Waals surface area contributed by atoms with Crippen molar-refractivity contribution in [3.8, 4) is 0 Å². The Morgan fingerprint density at radius 1 is 1.38 bits per heavy atom. The van der Waals surface area contributed by atoms with Crippen molar-refractivity contribution in [2.75, 3.05) is 13.1 Å². The minimum atomic E-state index is 0.701. The minimum Gasteiger partial charge on any atom is -0.316 e. The van der Waals surface area contributed by atoms with Crippen LogP contribution in [0.15, 0.2) is 15.9 Å². The van der Waals surface area contributed by atoms with Crippen LogP contribution in [0.4, 0.5) is 0 Å². The molecule has 0 aliphatic rings. The van der Waals surface area contributed by atoms with Gasteiger partial charge < -0.3 is 5.32 Å². The molecule has 21 heavy (non-hydrogen) atoms. The standard InChI is InChI=1S/C16H24BrN3S/c1-11(2)8-18-6-5-16-12(3)19-20(13(16)4)9-15-7-14(17)10-21-15/h7,10-11,18H,5-6,8-9H2,1-4H3. The molecule has 5 heteroatoms. The number of aryl methyl sites for hydroxylation is 1. The van der Waals surface area contributed by atoms with Gasteiger partial charge >= 0.3 is 0 Å². The first kappa shape index (κ1) is 16.7. The summed E-state index contributed by atoms with van der Waals surface area (Å²) in [5.74, 6) is 0.701. The van der Waals surface area contributed by atoms with E-state index in [-0.39, 0.29) is 0 Å². The first-order chi connectivity index (χ1) is 9.97. The lowest BCUT2D eigenvalue weighted by Crippen LogP contribution is -2.22. The minimum absolute atomic E-state index is 0.701. The molecule has 0 aromatic carbocycles. The lowest BCUT2D eigenvalue weighted by atomic mass is 10.1. The molecule has 0 saturated heterocycles. The monoisotopic (exact) mass is 369 g/mol. The Morgan fingerprint density at radius 2 is 2.14 bits per heavy atom. The van der Waals surface area contributed by atoms with Crippen LogP contribution in [0, 0.1) is 19.8 Å². The van der Waals surface area contributed by atoms with E-state index in [1.165, 1.54) is 16.1 Å². The third-order valence-corrected chi connectivity index (χ3v) is 5.25. The van der Waals surface area contributed by atoms with Crippen LogP contribution in [0.5, 0.6) is 0 Å². The molecule has 1 N–H and O–H groups in total. The molecule has 0 atom stereocenters. The van der Waals surface area contributed by atoms with E-state index in [9.17, 15) is 0 Å². The number of nitrogens with one attached hydrogen (secondary N) is 1. The fourth-order valence-corrected chi connectivity index (χ4v) is 3.87. The Morgan fingerprint density at radius 3 is 2.76 bits per heavy atom. The van der Waals surface area contributed by atoms with Crippen LogP contribution in [0.3, 0.4) is 0 Å². The first-order valence-corrected chi connectivity index (χ1v) is 9.11. The first-order valence-electron chi connectivity index (χ1n) is 7.44. The average molecular weight is 370 g/mol. The zero-order chi connectivity index (χ0) is 15.4. The summed E-state index contributed by atoms with van der Waals surface area (Å²) in [6.45, 7) is 11.7. The van der Waals surface area contributed by atoms with E-state index in [1.54, 1.807) is 11.3 Å². The smallest absolute Gasteiger partial charge is 0.0755 e. The van der Waals surface area contributed by atoms with Gasteiger partial charge in [0.2, 0.25) is 0 Å². The molecule has 0 spiro atoms. The second kappa shape index (κ2) is 7.56. The predicted octanol–water partition coefficient (Wildman–Crippen LogP) is 4.16. The molecule has 3 nitrogen and oxygen atoms in total. The lowest BCUT2D eigenvalue weighted by molar-refractivity contribution is 0.553. The van der Waals surface area contributed by atoms with Crippen molar-refractivity contribution in [3.63, 3.8) is 0 Å². The molecule has 0 fully saturated rings. The van der Waals surface area contributed by atoms with Gasteiger partial charge in [-0.25, -0.2) is 0 Å². The maximum atomic E-state index is 4.71. The van der Waals surface area contributed by atoms with E-state index in [2.05, 4.69) is 65.1 Å². The molecule has 0 unspecified atom stereocenters. The van der Waals surface area contributed by atoms with Gasteiger partial charge in [-0.2, -0.15) is 5.10 Å². The molecule has 0 aliphatic carbocycles. The summed E-state index contributed by atoms with van der Waals surface area (Å²) in [5, 5.41) is 10.3. The number of hydrogen-bond donors (Lipinski definition) is 1. The van der Waals surface area contributed by atoms with Crippen molar-refractivity contribution < 1.29 is 0 Å². The van der Waals surface area contributed by atoms with Gasteiger partial charge in [0.1, 0.15) is 0 Å². The van der Waals surface area contributed by atoms with E-state index in [1.807, 2.05) is 0 Å². The molecule has 2 heterocycles. The average Bonchev–Trinajstić information content (AvgIpc) is 2.92. The summed E-state index contributed by atoms with van der Waals surface area (Å²) in [5.41, 5.74) is 3.85. The van der Waals surface area contributed by atoms with Gasteiger partial charge in [-0.3, -0.25) is 4.68 Å². The van der Waals surface area contributed by atoms with Crippen LogP contribution in [-0.4, -0.2) is 22.9 Å². The fourth-order valence-electron chi connectivity index (χ4n) is 2.44. The molecule has 116 valence electrons. The molecule has 0 saturated carbocycles. The Labute approximate surface area is 139 Å². The molecule has 0 radical (unpaired) electrons.